The van der Waals surface area contributed by atoms with Crippen LogP contribution in [-0.4, -0.2) is 15.5 Å². The summed E-state index contributed by atoms with van der Waals surface area (Å²) in [6, 6.07) is 0. The van der Waals surface area contributed by atoms with Crippen LogP contribution in [0.5, 0.6) is 0 Å². The Morgan fingerprint density at radius 2 is 2.36 bits per heavy atom. The molecule has 1 N–H and O–H groups in total. The first kappa shape index (κ1) is 6.58. The fourth-order valence-corrected chi connectivity index (χ4v) is 1.20. The molecular weight excluding hydrogens is 138 g/mol. The average molecular weight is 149 g/mol. The molecule has 0 saturated heterocycles. The Bertz CT molecular complexity index is 313. The molecule has 1 saturated carbocycles. The monoisotopic (exact) mass is 149 g/mol. The molecule has 1 atom stereocenters. The highest BCUT2D eigenvalue weighted by molar-refractivity contribution is 6.04. The van der Waals surface area contributed by atoms with E-state index in [4.69, 9.17) is 5.41 Å². The lowest BCUT2D eigenvalue weighted by Crippen LogP contribution is -2.15. The SMILES string of the molecule is Cc1cnn(C2(C)CC2=N)c1. The maximum absolute atomic E-state index is 7.45. The van der Waals surface area contributed by atoms with Gasteiger partial charge in [-0.25, -0.2) is 0 Å². The van der Waals surface area contributed by atoms with Gasteiger partial charge in [0.1, 0.15) is 5.54 Å². The molecule has 58 valence electrons. The number of hydrogen-bond acceptors (Lipinski definition) is 2. The number of nitrogens with zero attached hydrogens (tertiary/aromatic N) is 2. The lowest BCUT2D eigenvalue weighted by Gasteiger charge is -2.06. The second kappa shape index (κ2) is 1.72. The average Bonchev–Trinajstić information content (AvgIpc) is 2.44. The maximum Gasteiger partial charge on any atom is 0.102 e. The van der Waals surface area contributed by atoms with Crippen LogP contribution in [0.3, 0.4) is 0 Å². The van der Waals surface area contributed by atoms with Gasteiger partial charge in [0.05, 0.1) is 6.20 Å². The zero-order valence-corrected chi connectivity index (χ0v) is 6.76. The Morgan fingerprint density at radius 3 is 2.73 bits per heavy atom. The van der Waals surface area contributed by atoms with Crippen LogP contribution in [0.1, 0.15) is 18.9 Å². The van der Waals surface area contributed by atoms with Crippen LogP contribution in [0.15, 0.2) is 12.4 Å². The third kappa shape index (κ3) is 0.803. The minimum atomic E-state index is -0.0890. The molecule has 0 aliphatic heterocycles. The summed E-state index contributed by atoms with van der Waals surface area (Å²) in [5, 5.41) is 11.6. The van der Waals surface area contributed by atoms with Crippen molar-refractivity contribution in [1.82, 2.24) is 9.78 Å². The first-order valence-corrected chi connectivity index (χ1v) is 3.72. The quantitative estimate of drug-likeness (QED) is 0.643. The highest BCUT2D eigenvalue weighted by atomic mass is 15.3. The summed E-state index contributed by atoms with van der Waals surface area (Å²) in [6.45, 7) is 4.06. The van der Waals surface area contributed by atoms with Crippen LogP contribution < -0.4 is 0 Å². The van der Waals surface area contributed by atoms with Gasteiger partial charge < -0.3 is 5.41 Å². The number of aryl methyl sites for hydroxylation is 1. The predicted molar refractivity (Wildman–Crippen MR) is 43.0 cm³/mol. The summed E-state index contributed by atoms with van der Waals surface area (Å²) in [4.78, 5) is 0. The normalized spacial score (nSPS) is 29.1. The molecule has 0 radical (unpaired) electrons. The van der Waals surface area contributed by atoms with Gasteiger partial charge in [-0.2, -0.15) is 5.10 Å². The molecule has 1 aliphatic rings. The highest BCUT2D eigenvalue weighted by Crippen LogP contribution is 2.37. The van der Waals surface area contributed by atoms with E-state index in [1.54, 1.807) is 0 Å². The van der Waals surface area contributed by atoms with Gasteiger partial charge in [0.25, 0.3) is 0 Å². The molecule has 11 heavy (non-hydrogen) atoms. The summed E-state index contributed by atoms with van der Waals surface area (Å²) >= 11 is 0. The molecule has 1 aromatic heterocycles. The zero-order valence-electron chi connectivity index (χ0n) is 6.76. The van der Waals surface area contributed by atoms with Crippen LogP contribution in [0, 0.1) is 12.3 Å². The van der Waals surface area contributed by atoms with Crippen LogP contribution in [0.2, 0.25) is 0 Å². The Kier molecular flexibility index (Phi) is 1.03. The Hall–Kier alpha value is -1.12. The number of nitrogens with one attached hydrogen (secondary N) is 1. The predicted octanol–water partition coefficient (Wildman–Crippen LogP) is 1.33. The molecule has 0 bridgehead atoms. The molecule has 1 fully saturated rings. The summed E-state index contributed by atoms with van der Waals surface area (Å²) in [6.07, 6.45) is 4.67. The van der Waals surface area contributed by atoms with Gasteiger partial charge in [-0.3, -0.25) is 4.68 Å². The summed E-state index contributed by atoms with van der Waals surface area (Å²) in [5.41, 5.74) is 1.85. The van der Waals surface area contributed by atoms with Crippen LogP contribution in [-0.2, 0) is 5.54 Å². The molecule has 0 amide bonds. The van der Waals surface area contributed by atoms with Crippen molar-refractivity contribution < 1.29 is 0 Å². The van der Waals surface area contributed by atoms with E-state index in [1.165, 1.54) is 0 Å². The van der Waals surface area contributed by atoms with Crippen LogP contribution in [0.25, 0.3) is 0 Å². The molecule has 1 unspecified atom stereocenters. The first-order chi connectivity index (χ1) is 5.13. The van der Waals surface area contributed by atoms with Crippen LogP contribution >= 0.6 is 0 Å². The number of hydrogen-bond donors (Lipinski definition) is 1. The van der Waals surface area contributed by atoms with E-state index in [0.29, 0.717) is 0 Å². The van der Waals surface area contributed by atoms with E-state index in [0.717, 1.165) is 17.7 Å². The van der Waals surface area contributed by atoms with Gasteiger partial charge in [-0.05, 0) is 19.4 Å². The Balaban J connectivity index is 2.38. The van der Waals surface area contributed by atoms with E-state index in [9.17, 15) is 0 Å². The topological polar surface area (TPSA) is 41.7 Å². The molecule has 0 spiro atoms. The standard InChI is InChI=1S/C8H11N3/c1-6-4-10-11(5-6)8(2)3-7(8)9/h4-5,9H,3H2,1-2H3. The van der Waals surface area contributed by atoms with Crippen molar-refractivity contribution in [2.24, 2.45) is 0 Å². The van der Waals surface area contributed by atoms with Crippen molar-refractivity contribution >= 4 is 5.71 Å². The van der Waals surface area contributed by atoms with Gasteiger partial charge in [0.15, 0.2) is 0 Å². The van der Waals surface area contributed by atoms with Gasteiger partial charge >= 0.3 is 0 Å². The largest absolute Gasteiger partial charge is 0.307 e. The molecule has 2 rings (SSSR count). The fourth-order valence-electron chi connectivity index (χ4n) is 1.20. The van der Waals surface area contributed by atoms with E-state index in [2.05, 4.69) is 5.10 Å². The van der Waals surface area contributed by atoms with Gasteiger partial charge in [0.2, 0.25) is 0 Å². The molecule has 1 aromatic rings. The molecule has 3 nitrogen and oxygen atoms in total. The lowest BCUT2D eigenvalue weighted by molar-refractivity contribution is 0.507. The third-order valence-corrected chi connectivity index (χ3v) is 2.26. The van der Waals surface area contributed by atoms with E-state index < -0.39 is 0 Å². The minimum Gasteiger partial charge on any atom is -0.307 e. The van der Waals surface area contributed by atoms with Gasteiger partial charge in [-0.15, -0.1) is 0 Å². The third-order valence-electron chi connectivity index (χ3n) is 2.26. The molecule has 0 aromatic carbocycles. The van der Waals surface area contributed by atoms with Gasteiger partial charge in [-0.1, -0.05) is 0 Å². The lowest BCUT2D eigenvalue weighted by atomic mass is 10.3. The van der Waals surface area contributed by atoms with Gasteiger partial charge in [0, 0.05) is 18.3 Å². The summed E-state index contributed by atoms with van der Waals surface area (Å²) in [7, 11) is 0. The summed E-state index contributed by atoms with van der Waals surface area (Å²) in [5.74, 6) is 0. The van der Waals surface area contributed by atoms with Crippen molar-refractivity contribution in [2.45, 2.75) is 25.8 Å². The van der Waals surface area contributed by atoms with Crippen molar-refractivity contribution in [3.63, 3.8) is 0 Å². The fraction of sp³-hybridized carbons (Fsp3) is 0.500. The molecular formula is C8H11N3. The smallest absolute Gasteiger partial charge is 0.102 e. The van der Waals surface area contributed by atoms with E-state index in [-0.39, 0.29) is 5.54 Å². The van der Waals surface area contributed by atoms with Crippen molar-refractivity contribution in [3.05, 3.63) is 18.0 Å². The van der Waals surface area contributed by atoms with Crippen LogP contribution in [0.4, 0.5) is 0 Å². The van der Waals surface area contributed by atoms with E-state index >= 15 is 0 Å². The molecule has 1 aliphatic carbocycles. The maximum atomic E-state index is 7.45. The van der Waals surface area contributed by atoms with E-state index in [1.807, 2.05) is 30.9 Å². The van der Waals surface area contributed by atoms with Crippen molar-refractivity contribution in [1.29, 1.82) is 5.41 Å². The summed E-state index contributed by atoms with van der Waals surface area (Å²) < 4.78 is 1.88. The second-order valence-corrected chi connectivity index (χ2v) is 3.39. The number of aromatic nitrogens is 2. The number of rotatable bonds is 1. The van der Waals surface area contributed by atoms with Crippen molar-refractivity contribution in [2.75, 3.05) is 0 Å². The highest BCUT2D eigenvalue weighted by Gasteiger charge is 2.47. The second-order valence-electron chi connectivity index (χ2n) is 3.39. The Labute approximate surface area is 65.5 Å². The Morgan fingerprint density at radius 1 is 1.73 bits per heavy atom. The first-order valence-electron chi connectivity index (χ1n) is 3.72. The minimum absolute atomic E-state index is 0.0890. The molecule has 1 heterocycles. The zero-order chi connectivity index (χ0) is 8.06. The molecule has 3 heteroatoms. The van der Waals surface area contributed by atoms with Crippen molar-refractivity contribution in [3.8, 4) is 0 Å².